The Morgan fingerprint density at radius 3 is 2.35 bits per heavy atom. The van der Waals surface area contributed by atoms with Crippen molar-refractivity contribution in [2.24, 2.45) is 17.8 Å². The number of rotatable bonds is 10. The number of aliphatic carboxylic acids is 1. The molecule has 7 nitrogen and oxygen atoms in total. The van der Waals surface area contributed by atoms with Gasteiger partial charge >= 0.3 is 11.9 Å². The van der Waals surface area contributed by atoms with E-state index in [1.807, 2.05) is 13.8 Å². The van der Waals surface area contributed by atoms with Gasteiger partial charge in [-0.2, -0.15) is 0 Å². The minimum absolute atomic E-state index is 0.0688. The van der Waals surface area contributed by atoms with Gasteiger partial charge in [0.05, 0.1) is 12.5 Å². The average molecular weight is 289 g/mol. The Balaban J connectivity index is 4.99. The van der Waals surface area contributed by atoms with E-state index in [0.717, 1.165) is 0 Å². The second-order valence-corrected chi connectivity index (χ2v) is 5.20. The zero-order valence-electron chi connectivity index (χ0n) is 12.2. The first kappa shape index (κ1) is 18.3. The van der Waals surface area contributed by atoms with Gasteiger partial charge in [0.2, 0.25) is 6.54 Å². The van der Waals surface area contributed by atoms with Crippen molar-refractivity contribution in [1.82, 2.24) is 0 Å². The van der Waals surface area contributed by atoms with Gasteiger partial charge in [-0.05, 0) is 25.7 Å². The van der Waals surface area contributed by atoms with E-state index in [9.17, 15) is 19.7 Å². The molecule has 0 radical (unpaired) electrons. The summed E-state index contributed by atoms with van der Waals surface area (Å²) in [6, 6.07) is 0. The minimum atomic E-state index is -1.02. The third kappa shape index (κ3) is 7.70. The lowest BCUT2D eigenvalue weighted by molar-refractivity contribution is -0.490. The molecular weight excluding hydrogens is 266 g/mol. The van der Waals surface area contributed by atoms with Gasteiger partial charge in [0.25, 0.3) is 0 Å². The molecule has 7 heteroatoms. The van der Waals surface area contributed by atoms with Gasteiger partial charge < -0.3 is 9.84 Å². The molecule has 0 heterocycles. The second kappa shape index (κ2) is 9.28. The maximum absolute atomic E-state index is 11.9. The first-order chi connectivity index (χ1) is 9.27. The summed E-state index contributed by atoms with van der Waals surface area (Å²) in [7, 11) is 0. The average Bonchev–Trinajstić information content (AvgIpc) is 2.27. The highest BCUT2D eigenvalue weighted by Crippen LogP contribution is 2.26. The summed E-state index contributed by atoms with van der Waals surface area (Å²) in [5.74, 6) is -2.62. The van der Waals surface area contributed by atoms with Gasteiger partial charge in [-0.3, -0.25) is 19.7 Å². The van der Waals surface area contributed by atoms with Crippen LogP contribution in [0.2, 0.25) is 0 Å². The highest BCUT2D eigenvalue weighted by atomic mass is 16.6. The zero-order chi connectivity index (χ0) is 15.7. The van der Waals surface area contributed by atoms with Crippen LogP contribution in [0.25, 0.3) is 0 Å². The van der Waals surface area contributed by atoms with Crippen molar-refractivity contribution >= 4 is 11.9 Å². The standard InChI is InChI=1S/C13H23NO6/c1-4-20-13(17)11(5-6-12(15)16)10(7-9(2)3)8-14(18)19/h9-11H,4-8H2,1-3H3,(H,15,16). The Morgan fingerprint density at radius 2 is 1.95 bits per heavy atom. The molecule has 0 aliphatic rings. The van der Waals surface area contributed by atoms with E-state index in [1.54, 1.807) is 6.92 Å². The number of nitrogens with zero attached hydrogens (tertiary/aromatic N) is 1. The fourth-order valence-electron chi connectivity index (χ4n) is 2.24. The molecule has 0 aromatic rings. The second-order valence-electron chi connectivity index (χ2n) is 5.20. The predicted octanol–water partition coefficient (Wildman–Crippen LogP) is 1.97. The van der Waals surface area contributed by atoms with Crippen LogP contribution in [0.4, 0.5) is 0 Å². The van der Waals surface area contributed by atoms with Gasteiger partial charge in [-0.1, -0.05) is 13.8 Å². The maximum atomic E-state index is 11.9. The van der Waals surface area contributed by atoms with Crippen LogP contribution in [0.1, 0.15) is 40.0 Å². The topological polar surface area (TPSA) is 107 Å². The summed E-state index contributed by atoms with van der Waals surface area (Å²) in [6.07, 6.45) is 0.360. The Bertz CT molecular complexity index is 342. The Hall–Kier alpha value is -1.66. The van der Waals surface area contributed by atoms with Crippen molar-refractivity contribution in [2.75, 3.05) is 13.2 Å². The zero-order valence-corrected chi connectivity index (χ0v) is 12.2. The Kier molecular flexibility index (Phi) is 8.51. The summed E-state index contributed by atoms with van der Waals surface area (Å²) in [6.45, 7) is 5.30. The van der Waals surface area contributed by atoms with Crippen molar-refractivity contribution in [3.05, 3.63) is 10.1 Å². The number of carboxylic acid groups (broad SMARTS) is 1. The summed E-state index contributed by atoms with van der Waals surface area (Å²) >= 11 is 0. The number of nitro groups is 1. The van der Waals surface area contributed by atoms with Crippen molar-refractivity contribution in [2.45, 2.75) is 40.0 Å². The van der Waals surface area contributed by atoms with E-state index in [-0.39, 0.29) is 31.9 Å². The molecule has 0 aromatic heterocycles. The normalized spacial score (nSPS) is 13.8. The molecule has 0 saturated heterocycles. The number of hydrogen-bond donors (Lipinski definition) is 1. The first-order valence-corrected chi connectivity index (χ1v) is 6.78. The third-order valence-electron chi connectivity index (χ3n) is 2.99. The first-order valence-electron chi connectivity index (χ1n) is 6.78. The lowest BCUT2D eigenvalue weighted by Crippen LogP contribution is -2.32. The Labute approximate surface area is 118 Å². The molecular formula is C13H23NO6. The number of carboxylic acids is 1. The van der Waals surface area contributed by atoms with Gasteiger partial charge in [-0.15, -0.1) is 0 Å². The Morgan fingerprint density at radius 1 is 1.35 bits per heavy atom. The lowest BCUT2D eigenvalue weighted by atomic mass is 9.82. The molecule has 0 spiro atoms. The quantitative estimate of drug-likeness (QED) is 0.374. The fourth-order valence-corrected chi connectivity index (χ4v) is 2.24. The number of hydrogen-bond acceptors (Lipinski definition) is 5. The van der Waals surface area contributed by atoms with Gasteiger partial charge in [0.15, 0.2) is 0 Å². The molecule has 0 fully saturated rings. The molecule has 0 rings (SSSR count). The van der Waals surface area contributed by atoms with E-state index in [0.29, 0.717) is 6.42 Å². The molecule has 0 amide bonds. The molecule has 2 atom stereocenters. The van der Waals surface area contributed by atoms with Crippen LogP contribution in [0.5, 0.6) is 0 Å². The third-order valence-corrected chi connectivity index (χ3v) is 2.99. The van der Waals surface area contributed by atoms with Crippen LogP contribution in [-0.2, 0) is 14.3 Å². The van der Waals surface area contributed by atoms with Crippen molar-refractivity contribution < 1.29 is 24.4 Å². The van der Waals surface area contributed by atoms with Gasteiger partial charge in [0.1, 0.15) is 0 Å². The summed E-state index contributed by atoms with van der Waals surface area (Å²) in [4.78, 5) is 32.9. The molecule has 0 aliphatic heterocycles. The molecule has 1 N–H and O–H groups in total. The van der Waals surface area contributed by atoms with Crippen LogP contribution in [-0.4, -0.2) is 35.1 Å². The SMILES string of the molecule is CCOC(=O)C(CCC(=O)O)C(CC(C)C)C[N+](=O)[O-]. The molecule has 0 aliphatic carbocycles. The summed E-state index contributed by atoms with van der Waals surface area (Å²) in [5.41, 5.74) is 0. The molecule has 0 aromatic carbocycles. The fraction of sp³-hybridized carbons (Fsp3) is 0.846. The number of ether oxygens (including phenoxy) is 1. The van der Waals surface area contributed by atoms with Crippen molar-refractivity contribution in [3.63, 3.8) is 0 Å². The van der Waals surface area contributed by atoms with E-state index >= 15 is 0 Å². The van der Waals surface area contributed by atoms with E-state index in [2.05, 4.69) is 0 Å². The molecule has 0 bridgehead atoms. The van der Waals surface area contributed by atoms with Crippen LogP contribution in [0, 0.1) is 27.9 Å². The number of esters is 1. The largest absolute Gasteiger partial charge is 0.481 e. The molecule has 2 unspecified atom stereocenters. The van der Waals surface area contributed by atoms with Crippen LogP contribution >= 0.6 is 0 Å². The number of carbonyl (C=O) groups excluding carboxylic acids is 1. The van der Waals surface area contributed by atoms with Crippen molar-refractivity contribution in [3.8, 4) is 0 Å². The number of carbonyl (C=O) groups is 2. The van der Waals surface area contributed by atoms with Crippen molar-refractivity contribution in [1.29, 1.82) is 0 Å². The van der Waals surface area contributed by atoms with Gasteiger partial charge in [-0.25, -0.2) is 0 Å². The van der Waals surface area contributed by atoms with E-state index in [4.69, 9.17) is 9.84 Å². The van der Waals surface area contributed by atoms with Crippen LogP contribution in [0.15, 0.2) is 0 Å². The lowest BCUT2D eigenvalue weighted by Gasteiger charge is -2.23. The smallest absolute Gasteiger partial charge is 0.309 e. The monoisotopic (exact) mass is 289 g/mol. The molecule has 116 valence electrons. The molecule has 20 heavy (non-hydrogen) atoms. The van der Waals surface area contributed by atoms with E-state index < -0.39 is 28.7 Å². The predicted molar refractivity (Wildman–Crippen MR) is 71.8 cm³/mol. The highest BCUT2D eigenvalue weighted by molar-refractivity contribution is 5.74. The van der Waals surface area contributed by atoms with Gasteiger partial charge in [0, 0.05) is 17.3 Å². The highest BCUT2D eigenvalue weighted by Gasteiger charge is 2.33. The molecule has 0 saturated carbocycles. The summed E-state index contributed by atoms with van der Waals surface area (Å²) < 4.78 is 4.93. The minimum Gasteiger partial charge on any atom is -0.481 e. The maximum Gasteiger partial charge on any atom is 0.309 e. The van der Waals surface area contributed by atoms with Crippen LogP contribution in [0.3, 0.4) is 0 Å². The summed E-state index contributed by atoms with van der Waals surface area (Å²) in [5, 5.41) is 19.5. The van der Waals surface area contributed by atoms with E-state index in [1.165, 1.54) is 0 Å². The van der Waals surface area contributed by atoms with Crippen LogP contribution < -0.4 is 0 Å².